The summed E-state index contributed by atoms with van der Waals surface area (Å²) in [6.45, 7) is 6.33. The van der Waals surface area contributed by atoms with E-state index in [4.69, 9.17) is 16.4 Å². The molecule has 3 heteroatoms. The summed E-state index contributed by atoms with van der Waals surface area (Å²) < 4.78 is 0. The molecule has 0 aromatic rings. The van der Waals surface area contributed by atoms with E-state index in [0.29, 0.717) is 5.92 Å². The molecular formula is C10H18ClNO. The second-order valence-electron chi connectivity index (χ2n) is 3.62. The fourth-order valence-electron chi connectivity index (χ4n) is 1.66. The Morgan fingerprint density at radius 2 is 2.15 bits per heavy atom. The number of rotatable bonds is 4. The zero-order chi connectivity index (χ0) is 9.84. The van der Waals surface area contributed by atoms with Crippen LogP contribution in [-0.2, 0) is 4.84 Å². The fraction of sp³-hybridized carbons (Fsp3) is 0.900. The van der Waals surface area contributed by atoms with Gasteiger partial charge in [0.2, 0.25) is 0 Å². The Morgan fingerprint density at radius 3 is 2.54 bits per heavy atom. The van der Waals surface area contributed by atoms with Crippen molar-refractivity contribution < 1.29 is 4.84 Å². The second-order valence-corrected chi connectivity index (χ2v) is 4.31. The Balaban J connectivity index is 2.47. The molecule has 2 atom stereocenters. The molecule has 0 aromatic heterocycles. The molecule has 2 unspecified atom stereocenters. The van der Waals surface area contributed by atoms with E-state index in [-0.39, 0.29) is 11.5 Å². The van der Waals surface area contributed by atoms with Crippen molar-refractivity contribution in [2.45, 2.75) is 51.5 Å². The third-order valence-electron chi connectivity index (χ3n) is 2.68. The number of alkyl halides is 1. The molecule has 0 amide bonds. The van der Waals surface area contributed by atoms with Crippen LogP contribution in [0.25, 0.3) is 0 Å². The predicted molar refractivity (Wildman–Crippen MR) is 56.3 cm³/mol. The topological polar surface area (TPSA) is 21.6 Å². The third kappa shape index (κ3) is 2.60. The maximum atomic E-state index is 5.94. The van der Waals surface area contributed by atoms with Gasteiger partial charge in [-0.25, -0.2) is 0 Å². The highest BCUT2D eigenvalue weighted by molar-refractivity contribution is 6.21. The average molecular weight is 204 g/mol. The summed E-state index contributed by atoms with van der Waals surface area (Å²) in [4.78, 5) is 5.27. The number of hydrogen-bond acceptors (Lipinski definition) is 2. The molecule has 13 heavy (non-hydrogen) atoms. The van der Waals surface area contributed by atoms with Crippen LogP contribution in [0, 0.1) is 5.92 Å². The Hall–Kier alpha value is -0.240. The summed E-state index contributed by atoms with van der Waals surface area (Å²) in [6.07, 6.45) is 3.29. The minimum atomic E-state index is 0.0515. The van der Waals surface area contributed by atoms with E-state index in [0.717, 1.165) is 19.3 Å². The lowest BCUT2D eigenvalue weighted by atomic mass is 9.93. The van der Waals surface area contributed by atoms with E-state index in [1.165, 1.54) is 5.71 Å². The molecule has 0 saturated heterocycles. The van der Waals surface area contributed by atoms with Gasteiger partial charge in [0.15, 0.2) is 0 Å². The molecule has 0 N–H and O–H groups in total. The Labute approximate surface area is 85.3 Å². The van der Waals surface area contributed by atoms with Crippen molar-refractivity contribution in [2.24, 2.45) is 11.1 Å². The van der Waals surface area contributed by atoms with Crippen LogP contribution in [0.1, 0.15) is 40.0 Å². The molecule has 0 aromatic carbocycles. The average Bonchev–Trinajstić information content (AvgIpc) is 2.56. The third-order valence-corrected chi connectivity index (χ3v) is 2.97. The van der Waals surface area contributed by atoms with Crippen molar-refractivity contribution >= 4 is 17.3 Å². The molecule has 1 aliphatic rings. The van der Waals surface area contributed by atoms with Crippen LogP contribution in [-0.4, -0.2) is 17.2 Å². The van der Waals surface area contributed by atoms with Crippen molar-refractivity contribution in [1.29, 1.82) is 0 Å². The first-order valence-corrected chi connectivity index (χ1v) is 5.49. The highest BCUT2D eigenvalue weighted by Gasteiger charge is 2.28. The second kappa shape index (κ2) is 4.85. The zero-order valence-electron chi connectivity index (χ0n) is 8.59. The predicted octanol–water partition coefficient (Wildman–Crippen LogP) is 3.19. The van der Waals surface area contributed by atoms with Crippen molar-refractivity contribution in [2.75, 3.05) is 0 Å². The Bertz CT molecular complexity index is 187. The Kier molecular flexibility index (Phi) is 4.04. The van der Waals surface area contributed by atoms with Gasteiger partial charge >= 0.3 is 0 Å². The summed E-state index contributed by atoms with van der Waals surface area (Å²) in [7, 11) is 0. The number of hydrogen-bond donors (Lipinski definition) is 0. The van der Waals surface area contributed by atoms with Crippen molar-refractivity contribution in [3.8, 4) is 0 Å². The molecule has 1 heterocycles. The summed E-state index contributed by atoms with van der Waals surface area (Å²) in [5.41, 5.74) is 1.20. The lowest BCUT2D eigenvalue weighted by Crippen LogP contribution is -2.20. The van der Waals surface area contributed by atoms with Crippen LogP contribution in [0.3, 0.4) is 0 Å². The highest BCUT2D eigenvalue weighted by Crippen LogP contribution is 2.24. The first-order valence-electron chi connectivity index (χ1n) is 5.05. The molecule has 0 bridgehead atoms. The summed E-state index contributed by atoms with van der Waals surface area (Å²) in [6, 6.07) is 0. The van der Waals surface area contributed by atoms with Gasteiger partial charge in [-0.15, -0.1) is 11.6 Å². The van der Waals surface area contributed by atoms with Gasteiger partial charge in [-0.05, 0) is 19.8 Å². The molecule has 2 nitrogen and oxygen atoms in total. The molecule has 1 rings (SSSR count). The fourth-order valence-corrected chi connectivity index (χ4v) is 1.80. The van der Waals surface area contributed by atoms with E-state index in [9.17, 15) is 0 Å². The molecule has 0 spiro atoms. The van der Waals surface area contributed by atoms with Gasteiger partial charge < -0.3 is 4.84 Å². The van der Waals surface area contributed by atoms with Gasteiger partial charge in [-0.3, -0.25) is 0 Å². The van der Waals surface area contributed by atoms with E-state index in [1.54, 1.807) is 0 Å². The molecule has 0 radical (unpaired) electrons. The summed E-state index contributed by atoms with van der Waals surface area (Å²) >= 11 is 5.94. The largest absolute Gasteiger partial charge is 0.391 e. The number of oxime groups is 1. The van der Waals surface area contributed by atoms with E-state index in [2.05, 4.69) is 19.0 Å². The Morgan fingerprint density at radius 1 is 1.54 bits per heavy atom. The molecule has 0 aliphatic carbocycles. The van der Waals surface area contributed by atoms with Crippen LogP contribution >= 0.6 is 11.6 Å². The van der Waals surface area contributed by atoms with Crippen LogP contribution in [0.2, 0.25) is 0 Å². The lowest BCUT2D eigenvalue weighted by molar-refractivity contribution is 0.0854. The standard InChI is InChI=1S/C10H18ClNO/c1-4-8(5-2)9-6-10(7(3)11)13-12-9/h7-8,10H,4-6H2,1-3H3. The summed E-state index contributed by atoms with van der Waals surface area (Å²) in [5.74, 6) is 0.584. The van der Waals surface area contributed by atoms with Crippen LogP contribution in [0.5, 0.6) is 0 Å². The van der Waals surface area contributed by atoms with Crippen molar-refractivity contribution in [3.05, 3.63) is 0 Å². The van der Waals surface area contributed by atoms with Gasteiger partial charge in [-0.2, -0.15) is 0 Å². The monoisotopic (exact) mass is 203 g/mol. The number of halogens is 1. The lowest BCUT2D eigenvalue weighted by Gasteiger charge is -2.12. The molecule has 0 fully saturated rings. The molecule has 1 aliphatic heterocycles. The van der Waals surface area contributed by atoms with Crippen molar-refractivity contribution in [3.63, 3.8) is 0 Å². The quantitative estimate of drug-likeness (QED) is 0.643. The smallest absolute Gasteiger partial charge is 0.148 e. The van der Waals surface area contributed by atoms with Gasteiger partial charge in [0.05, 0.1) is 11.1 Å². The molecular weight excluding hydrogens is 186 g/mol. The van der Waals surface area contributed by atoms with Crippen LogP contribution < -0.4 is 0 Å². The van der Waals surface area contributed by atoms with E-state index in [1.807, 2.05) is 6.92 Å². The van der Waals surface area contributed by atoms with Crippen LogP contribution in [0.15, 0.2) is 5.16 Å². The van der Waals surface area contributed by atoms with Gasteiger partial charge in [-0.1, -0.05) is 19.0 Å². The maximum Gasteiger partial charge on any atom is 0.148 e. The minimum absolute atomic E-state index is 0.0515. The molecule has 76 valence electrons. The first-order chi connectivity index (χ1) is 6.19. The zero-order valence-corrected chi connectivity index (χ0v) is 9.34. The van der Waals surface area contributed by atoms with Gasteiger partial charge in [0.25, 0.3) is 0 Å². The maximum absolute atomic E-state index is 5.94. The molecule has 0 saturated carbocycles. The SMILES string of the molecule is CCC(CC)C1=NOC(C(C)Cl)C1. The minimum Gasteiger partial charge on any atom is -0.391 e. The first kappa shape index (κ1) is 10.8. The van der Waals surface area contributed by atoms with Gasteiger partial charge in [0, 0.05) is 12.3 Å². The van der Waals surface area contributed by atoms with Gasteiger partial charge in [0.1, 0.15) is 6.10 Å². The normalized spacial score (nSPS) is 24.4. The summed E-state index contributed by atoms with van der Waals surface area (Å²) in [5, 5.41) is 4.16. The van der Waals surface area contributed by atoms with Crippen LogP contribution in [0.4, 0.5) is 0 Å². The number of nitrogens with zero attached hydrogens (tertiary/aromatic N) is 1. The van der Waals surface area contributed by atoms with E-state index >= 15 is 0 Å². The van der Waals surface area contributed by atoms with E-state index < -0.39 is 0 Å². The van der Waals surface area contributed by atoms with Crippen molar-refractivity contribution in [1.82, 2.24) is 0 Å². The highest BCUT2D eigenvalue weighted by atomic mass is 35.5.